The Labute approximate surface area is 151 Å². The van der Waals surface area contributed by atoms with Gasteiger partial charge in [0.2, 0.25) is 5.91 Å². The number of piperidine rings is 1. The number of aryl methyl sites for hydroxylation is 1. The second-order valence-corrected chi connectivity index (χ2v) is 6.73. The lowest BCUT2D eigenvalue weighted by Crippen LogP contribution is -2.40. The summed E-state index contributed by atoms with van der Waals surface area (Å²) in [6.45, 7) is 4.13. The predicted molar refractivity (Wildman–Crippen MR) is 99.6 cm³/mol. The Morgan fingerprint density at radius 3 is 2.85 bits per heavy atom. The molecule has 3 aromatic rings. The van der Waals surface area contributed by atoms with E-state index in [1.165, 1.54) is 0 Å². The maximum absolute atomic E-state index is 12.5. The summed E-state index contributed by atoms with van der Waals surface area (Å²) < 4.78 is 0. The van der Waals surface area contributed by atoms with Crippen LogP contribution in [0.4, 0.5) is 5.82 Å². The van der Waals surface area contributed by atoms with Gasteiger partial charge in [-0.25, -0.2) is 15.0 Å². The summed E-state index contributed by atoms with van der Waals surface area (Å²) in [5.41, 5.74) is 2.72. The van der Waals surface area contributed by atoms with Crippen molar-refractivity contribution < 1.29 is 4.79 Å². The Kier molecular flexibility index (Phi) is 4.51. The minimum Gasteiger partial charge on any atom is -0.357 e. The number of carbonyl (C=O) groups is 1. The number of pyridine rings is 2. The number of hydrogen-bond acceptors (Lipinski definition) is 5. The van der Waals surface area contributed by atoms with Crippen LogP contribution in [0.25, 0.3) is 11.2 Å². The number of aromatic nitrogens is 4. The number of hydrogen-bond donors (Lipinski definition) is 2. The summed E-state index contributed by atoms with van der Waals surface area (Å²) in [7, 11) is 0. The standard InChI is InChI=1S/C19H22N6O/c1-13-4-5-17(21-11-13)25-9-6-14(7-10-25)19(26)22-12-16-23-15-3-2-8-20-18(15)24-16/h2-5,8,11,14H,6-7,9-10,12H2,1H3,(H,22,26)(H,20,23,24). The average molecular weight is 350 g/mol. The minimum absolute atomic E-state index is 0.0409. The average Bonchev–Trinajstić information content (AvgIpc) is 3.10. The molecular weight excluding hydrogens is 328 g/mol. The van der Waals surface area contributed by atoms with Crippen LogP contribution in [-0.4, -0.2) is 38.9 Å². The van der Waals surface area contributed by atoms with Crippen molar-refractivity contribution in [1.82, 2.24) is 25.3 Å². The van der Waals surface area contributed by atoms with Crippen molar-refractivity contribution in [1.29, 1.82) is 0 Å². The summed E-state index contributed by atoms with van der Waals surface area (Å²) in [4.78, 5) is 31.0. The monoisotopic (exact) mass is 350 g/mol. The number of fused-ring (bicyclic) bond motifs is 1. The van der Waals surface area contributed by atoms with Gasteiger partial charge in [0, 0.05) is 31.4 Å². The summed E-state index contributed by atoms with van der Waals surface area (Å²) >= 11 is 0. The Morgan fingerprint density at radius 1 is 1.27 bits per heavy atom. The number of rotatable bonds is 4. The van der Waals surface area contributed by atoms with E-state index in [0.717, 1.165) is 48.7 Å². The highest BCUT2D eigenvalue weighted by atomic mass is 16.1. The number of aromatic amines is 1. The highest BCUT2D eigenvalue weighted by Gasteiger charge is 2.25. The van der Waals surface area contributed by atoms with Crippen LogP contribution < -0.4 is 10.2 Å². The third kappa shape index (κ3) is 3.51. The van der Waals surface area contributed by atoms with Gasteiger partial charge in [0.05, 0.1) is 12.1 Å². The topological polar surface area (TPSA) is 86.8 Å². The molecule has 0 radical (unpaired) electrons. The molecule has 0 spiro atoms. The number of amides is 1. The predicted octanol–water partition coefficient (Wildman–Crippen LogP) is 2.19. The Morgan fingerprint density at radius 2 is 2.12 bits per heavy atom. The van der Waals surface area contributed by atoms with Crippen LogP contribution in [-0.2, 0) is 11.3 Å². The van der Waals surface area contributed by atoms with Gasteiger partial charge in [0.15, 0.2) is 5.65 Å². The van der Waals surface area contributed by atoms with Crippen LogP contribution in [0.3, 0.4) is 0 Å². The van der Waals surface area contributed by atoms with Gasteiger partial charge in [0.25, 0.3) is 0 Å². The summed E-state index contributed by atoms with van der Waals surface area (Å²) in [6.07, 6.45) is 5.27. The highest BCUT2D eigenvalue weighted by molar-refractivity contribution is 5.79. The largest absolute Gasteiger partial charge is 0.357 e. The van der Waals surface area contributed by atoms with Crippen LogP contribution in [0.1, 0.15) is 24.2 Å². The number of carbonyl (C=O) groups excluding carboxylic acids is 1. The van der Waals surface area contributed by atoms with E-state index in [0.29, 0.717) is 12.2 Å². The lowest BCUT2D eigenvalue weighted by Gasteiger charge is -2.32. The molecule has 0 atom stereocenters. The second kappa shape index (κ2) is 7.11. The van der Waals surface area contributed by atoms with E-state index in [1.54, 1.807) is 6.20 Å². The number of H-pyrrole nitrogens is 1. The molecule has 0 unspecified atom stereocenters. The molecule has 26 heavy (non-hydrogen) atoms. The van der Waals surface area contributed by atoms with E-state index >= 15 is 0 Å². The zero-order valence-electron chi connectivity index (χ0n) is 14.8. The molecule has 4 heterocycles. The molecule has 1 aliphatic rings. The normalized spacial score (nSPS) is 15.3. The Hall–Kier alpha value is -2.96. The van der Waals surface area contributed by atoms with Crippen molar-refractivity contribution in [2.75, 3.05) is 18.0 Å². The van der Waals surface area contributed by atoms with Gasteiger partial charge in [-0.15, -0.1) is 0 Å². The quantitative estimate of drug-likeness (QED) is 0.753. The van der Waals surface area contributed by atoms with E-state index in [9.17, 15) is 4.79 Å². The summed E-state index contributed by atoms with van der Waals surface area (Å²) in [5, 5.41) is 3.00. The van der Waals surface area contributed by atoms with Crippen LogP contribution in [0.2, 0.25) is 0 Å². The van der Waals surface area contributed by atoms with E-state index in [-0.39, 0.29) is 11.8 Å². The Balaban J connectivity index is 1.30. The number of imidazole rings is 1. The third-order valence-electron chi connectivity index (χ3n) is 4.82. The first-order valence-corrected chi connectivity index (χ1v) is 8.94. The SMILES string of the molecule is Cc1ccc(N2CCC(C(=O)NCc3nc4ncccc4[nH]3)CC2)nc1. The maximum atomic E-state index is 12.5. The van der Waals surface area contributed by atoms with E-state index < -0.39 is 0 Å². The molecule has 0 bridgehead atoms. The number of anilines is 1. The van der Waals surface area contributed by atoms with Gasteiger partial charge < -0.3 is 15.2 Å². The zero-order chi connectivity index (χ0) is 17.9. The molecule has 4 rings (SSSR count). The van der Waals surface area contributed by atoms with Crippen molar-refractivity contribution in [3.8, 4) is 0 Å². The maximum Gasteiger partial charge on any atom is 0.223 e. The van der Waals surface area contributed by atoms with Crippen molar-refractivity contribution in [2.24, 2.45) is 5.92 Å². The Bertz CT molecular complexity index is 863. The molecule has 3 aromatic heterocycles. The lowest BCUT2D eigenvalue weighted by atomic mass is 9.96. The fraction of sp³-hybridized carbons (Fsp3) is 0.368. The molecule has 0 aromatic carbocycles. The fourth-order valence-corrected chi connectivity index (χ4v) is 3.31. The molecule has 1 fully saturated rings. The molecule has 7 nitrogen and oxygen atoms in total. The first-order valence-electron chi connectivity index (χ1n) is 8.94. The first kappa shape index (κ1) is 16.5. The summed E-state index contributed by atoms with van der Waals surface area (Å²) in [5.74, 6) is 1.85. The first-order chi connectivity index (χ1) is 12.7. The third-order valence-corrected chi connectivity index (χ3v) is 4.82. The molecule has 1 amide bonds. The lowest BCUT2D eigenvalue weighted by molar-refractivity contribution is -0.125. The fourth-order valence-electron chi connectivity index (χ4n) is 3.31. The highest BCUT2D eigenvalue weighted by Crippen LogP contribution is 2.22. The molecule has 2 N–H and O–H groups in total. The molecule has 1 saturated heterocycles. The number of nitrogens with one attached hydrogen (secondary N) is 2. The second-order valence-electron chi connectivity index (χ2n) is 6.73. The van der Waals surface area contributed by atoms with Gasteiger partial charge in [-0.1, -0.05) is 6.07 Å². The molecular formula is C19H22N6O. The van der Waals surface area contributed by atoms with Gasteiger partial charge in [0.1, 0.15) is 11.6 Å². The van der Waals surface area contributed by atoms with Crippen molar-refractivity contribution >= 4 is 22.9 Å². The molecule has 1 aliphatic heterocycles. The summed E-state index contributed by atoms with van der Waals surface area (Å²) in [6, 6.07) is 7.91. The van der Waals surface area contributed by atoms with Gasteiger partial charge in [-0.2, -0.15) is 0 Å². The molecule has 134 valence electrons. The number of nitrogens with zero attached hydrogens (tertiary/aromatic N) is 4. The van der Waals surface area contributed by atoms with Crippen LogP contribution >= 0.6 is 0 Å². The minimum atomic E-state index is 0.0409. The van der Waals surface area contributed by atoms with Crippen LogP contribution in [0, 0.1) is 12.8 Å². The van der Waals surface area contributed by atoms with Gasteiger partial charge >= 0.3 is 0 Å². The van der Waals surface area contributed by atoms with E-state index in [4.69, 9.17) is 0 Å². The van der Waals surface area contributed by atoms with E-state index in [2.05, 4.69) is 36.2 Å². The van der Waals surface area contributed by atoms with Crippen LogP contribution in [0.15, 0.2) is 36.7 Å². The van der Waals surface area contributed by atoms with Crippen LogP contribution in [0.5, 0.6) is 0 Å². The van der Waals surface area contributed by atoms with Crippen molar-refractivity contribution in [2.45, 2.75) is 26.3 Å². The van der Waals surface area contributed by atoms with Gasteiger partial charge in [-0.05, 0) is 43.5 Å². The molecule has 0 aliphatic carbocycles. The van der Waals surface area contributed by atoms with Crippen molar-refractivity contribution in [3.05, 3.63) is 48.0 Å². The van der Waals surface area contributed by atoms with Crippen molar-refractivity contribution in [3.63, 3.8) is 0 Å². The zero-order valence-corrected chi connectivity index (χ0v) is 14.8. The molecule has 7 heteroatoms. The van der Waals surface area contributed by atoms with E-state index in [1.807, 2.05) is 31.3 Å². The smallest absolute Gasteiger partial charge is 0.223 e. The molecule has 0 saturated carbocycles. The van der Waals surface area contributed by atoms with Gasteiger partial charge in [-0.3, -0.25) is 4.79 Å².